The summed E-state index contributed by atoms with van der Waals surface area (Å²) < 4.78 is 22.4. The summed E-state index contributed by atoms with van der Waals surface area (Å²) >= 11 is 0. The van der Waals surface area contributed by atoms with Crippen molar-refractivity contribution in [3.63, 3.8) is 0 Å². The largest absolute Gasteiger partial charge is 0.473 e. The van der Waals surface area contributed by atoms with E-state index >= 15 is 0 Å². The second-order valence-corrected chi connectivity index (χ2v) is 11.6. The zero-order valence-electron chi connectivity index (χ0n) is 24.2. The van der Waals surface area contributed by atoms with Crippen molar-refractivity contribution >= 4 is 13.6 Å². The summed E-state index contributed by atoms with van der Waals surface area (Å²) in [5.41, 5.74) is 0. The van der Waals surface area contributed by atoms with E-state index < -0.39 is 32.4 Å². The van der Waals surface area contributed by atoms with Crippen LogP contribution in [0.25, 0.3) is 0 Å². The van der Waals surface area contributed by atoms with Crippen LogP contribution < -0.4 is 0 Å². The number of ketones is 1. The molecule has 8 nitrogen and oxygen atoms in total. The molecule has 0 aliphatic carbocycles. The van der Waals surface area contributed by atoms with Crippen LogP contribution in [-0.2, 0) is 18.4 Å². The standard InChI is InChI=1S/C30H50NO7P/c1-5-6-7-8-9-10-11-12-13-14-15-16-17-18-19-20-21-22-23-24-28(33)30(29(34)27-32)38-39(35,36)37-26-25-31(2,3)4/h13-24,29-30,32,34H,5-12,25-27H2,1-4H3/p+1/b14-13+,16-15+,18-17+,20-19+,22-21+,24-23+/t29-,30+/m0/s1. The number of aliphatic hydroxyl groups excluding tert-OH is 2. The Morgan fingerprint density at radius 3 is 1.90 bits per heavy atom. The van der Waals surface area contributed by atoms with Gasteiger partial charge in [0.2, 0.25) is 0 Å². The Morgan fingerprint density at radius 1 is 0.846 bits per heavy atom. The predicted octanol–water partition coefficient (Wildman–Crippen LogP) is 5.60. The molecule has 0 spiro atoms. The molecule has 0 aliphatic rings. The number of carbonyl (C=O) groups is 1. The zero-order valence-corrected chi connectivity index (χ0v) is 25.1. The zero-order chi connectivity index (χ0) is 29.4. The number of phosphoric ester groups is 1. The van der Waals surface area contributed by atoms with Gasteiger partial charge in [-0.1, -0.05) is 112 Å². The molecule has 0 bridgehead atoms. The fourth-order valence-corrected chi connectivity index (χ4v) is 4.07. The van der Waals surface area contributed by atoms with Gasteiger partial charge < -0.3 is 19.6 Å². The number of carbonyl (C=O) groups excluding carboxylic acids is 1. The molecule has 0 fully saturated rings. The number of hydrogen-bond donors (Lipinski definition) is 3. The topological polar surface area (TPSA) is 113 Å². The monoisotopic (exact) mass is 568 g/mol. The van der Waals surface area contributed by atoms with Crippen molar-refractivity contribution in [2.45, 2.75) is 70.5 Å². The molecule has 222 valence electrons. The molecule has 0 amide bonds. The maximum absolute atomic E-state index is 12.4. The third-order valence-corrected chi connectivity index (χ3v) is 6.45. The minimum atomic E-state index is -4.62. The van der Waals surface area contributed by atoms with Gasteiger partial charge in [0.15, 0.2) is 11.9 Å². The average Bonchev–Trinajstić information content (AvgIpc) is 2.87. The molecule has 0 aromatic carbocycles. The molecule has 0 aliphatic heterocycles. The predicted molar refractivity (Wildman–Crippen MR) is 159 cm³/mol. The highest BCUT2D eigenvalue weighted by Crippen LogP contribution is 2.45. The van der Waals surface area contributed by atoms with Crippen LogP contribution in [0.2, 0.25) is 0 Å². The molecule has 0 aromatic heterocycles. The Hall–Kier alpha value is -1.90. The van der Waals surface area contributed by atoms with Gasteiger partial charge in [0, 0.05) is 0 Å². The first kappa shape index (κ1) is 37.1. The smallest absolute Gasteiger partial charge is 0.394 e. The Kier molecular flexibility index (Phi) is 21.8. The lowest BCUT2D eigenvalue weighted by molar-refractivity contribution is -0.870. The highest BCUT2D eigenvalue weighted by Gasteiger charge is 2.35. The Labute approximate surface area is 235 Å². The van der Waals surface area contributed by atoms with Gasteiger partial charge in [-0.15, -0.1) is 0 Å². The van der Waals surface area contributed by atoms with E-state index in [0.29, 0.717) is 11.0 Å². The lowest BCUT2D eigenvalue weighted by Crippen LogP contribution is -2.39. The summed E-state index contributed by atoms with van der Waals surface area (Å²) in [5, 5.41) is 19.1. The van der Waals surface area contributed by atoms with E-state index in [0.717, 1.165) is 12.5 Å². The highest BCUT2D eigenvalue weighted by atomic mass is 31.2. The molecular weight excluding hydrogens is 517 g/mol. The number of phosphoric acid groups is 1. The first-order chi connectivity index (χ1) is 18.5. The van der Waals surface area contributed by atoms with Crippen LogP contribution in [0.15, 0.2) is 72.9 Å². The normalized spacial score (nSPS) is 16.5. The molecule has 39 heavy (non-hydrogen) atoms. The van der Waals surface area contributed by atoms with E-state index in [-0.39, 0.29) is 6.61 Å². The van der Waals surface area contributed by atoms with E-state index in [4.69, 9.17) is 9.05 Å². The van der Waals surface area contributed by atoms with Gasteiger partial charge in [0.25, 0.3) is 0 Å². The highest BCUT2D eigenvalue weighted by molar-refractivity contribution is 7.47. The molecule has 0 saturated heterocycles. The van der Waals surface area contributed by atoms with E-state index in [1.54, 1.807) is 18.2 Å². The lowest BCUT2D eigenvalue weighted by atomic mass is 10.1. The van der Waals surface area contributed by atoms with Crippen LogP contribution in [0.1, 0.15) is 58.3 Å². The SMILES string of the molecule is CCCCCCCCC/C=C/C=C/C=C/C=C/C=C/C=C/C(=O)[C@@H](OP(=O)(O)OCC[N+](C)(C)C)[C@@H](O)CO. The van der Waals surface area contributed by atoms with Gasteiger partial charge in [-0.3, -0.25) is 13.8 Å². The second-order valence-electron chi connectivity index (χ2n) is 10.2. The van der Waals surface area contributed by atoms with Gasteiger partial charge in [-0.05, 0) is 18.9 Å². The Bertz CT molecular complexity index is 869. The summed E-state index contributed by atoms with van der Waals surface area (Å²) in [4.78, 5) is 22.3. The first-order valence-electron chi connectivity index (χ1n) is 13.8. The fourth-order valence-electron chi connectivity index (χ4n) is 3.16. The van der Waals surface area contributed by atoms with Gasteiger partial charge in [0.05, 0.1) is 27.7 Å². The van der Waals surface area contributed by atoms with Crippen LogP contribution in [0.5, 0.6) is 0 Å². The quantitative estimate of drug-likeness (QED) is 0.0484. The molecule has 0 rings (SSSR count). The molecular formula is C30H51NO7P+. The van der Waals surface area contributed by atoms with Gasteiger partial charge in [0.1, 0.15) is 19.3 Å². The number of rotatable bonds is 23. The molecule has 9 heteroatoms. The van der Waals surface area contributed by atoms with Crippen molar-refractivity contribution in [3.05, 3.63) is 72.9 Å². The van der Waals surface area contributed by atoms with Crippen molar-refractivity contribution in [2.75, 3.05) is 40.9 Å². The van der Waals surface area contributed by atoms with E-state index in [1.807, 2.05) is 51.5 Å². The fraction of sp³-hybridized carbons (Fsp3) is 0.567. The van der Waals surface area contributed by atoms with Crippen molar-refractivity contribution in [1.29, 1.82) is 0 Å². The average molecular weight is 569 g/mol. The first-order valence-corrected chi connectivity index (χ1v) is 15.3. The van der Waals surface area contributed by atoms with Crippen LogP contribution >= 0.6 is 7.82 Å². The van der Waals surface area contributed by atoms with Crippen molar-refractivity contribution in [3.8, 4) is 0 Å². The van der Waals surface area contributed by atoms with Crippen molar-refractivity contribution < 1.29 is 38.0 Å². The number of hydrogen-bond acceptors (Lipinski definition) is 6. The van der Waals surface area contributed by atoms with Crippen molar-refractivity contribution in [1.82, 2.24) is 0 Å². The Balaban J connectivity index is 4.44. The molecule has 0 radical (unpaired) electrons. The summed E-state index contributed by atoms with van der Waals surface area (Å²) in [6.45, 7) is 1.76. The van der Waals surface area contributed by atoms with E-state index in [9.17, 15) is 24.5 Å². The molecule has 0 aromatic rings. The lowest BCUT2D eigenvalue weighted by Gasteiger charge is -2.25. The summed E-state index contributed by atoms with van der Waals surface area (Å²) in [6, 6.07) is 0. The molecule has 3 atom stereocenters. The third-order valence-electron chi connectivity index (χ3n) is 5.45. The van der Waals surface area contributed by atoms with Crippen LogP contribution in [0, 0.1) is 0 Å². The molecule has 0 heterocycles. The van der Waals surface area contributed by atoms with Crippen LogP contribution in [-0.4, -0.2) is 78.5 Å². The summed E-state index contributed by atoms with van der Waals surface area (Å²) in [5.74, 6) is -0.778. The van der Waals surface area contributed by atoms with Crippen LogP contribution in [0.4, 0.5) is 0 Å². The maximum atomic E-state index is 12.4. The summed E-state index contributed by atoms with van der Waals surface area (Å²) in [7, 11) is 1.03. The number of likely N-dealkylation sites (N-methyl/N-ethyl adjacent to an activating group) is 1. The van der Waals surface area contributed by atoms with Gasteiger partial charge >= 0.3 is 7.82 Å². The molecule has 0 saturated carbocycles. The molecule has 1 unspecified atom stereocenters. The van der Waals surface area contributed by atoms with E-state index in [2.05, 4.69) is 19.1 Å². The number of unbranched alkanes of at least 4 members (excludes halogenated alkanes) is 7. The van der Waals surface area contributed by atoms with Crippen LogP contribution in [0.3, 0.4) is 0 Å². The van der Waals surface area contributed by atoms with Gasteiger partial charge in [-0.25, -0.2) is 4.57 Å². The van der Waals surface area contributed by atoms with E-state index in [1.165, 1.54) is 51.0 Å². The minimum absolute atomic E-state index is 0.0848. The van der Waals surface area contributed by atoms with Crippen molar-refractivity contribution in [2.24, 2.45) is 0 Å². The number of aliphatic hydroxyl groups is 2. The number of allylic oxidation sites excluding steroid dienone is 11. The summed E-state index contributed by atoms with van der Waals surface area (Å²) in [6.07, 6.45) is 28.3. The minimum Gasteiger partial charge on any atom is -0.394 e. The maximum Gasteiger partial charge on any atom is 0.473 e. The number of nitrogens with zero attached hydrogens (tertiary/aromatic N) is 1. The molecule has 3 N–H and O–H groups in total. The Morgan fingerprint density at radius 2 is 1.36 bits per heavy atom. The third kappa shape index (κ3) is 23.7. The van der Waals surface area contributed by atoms with Gasteiger partial charge in [-0.2, -0.15) is 0 Å². The second kappa shape index (κ2) is 22.9. The number of quaternary nitrogens is 1.